The predicted molar refractivity (Wildman–Crippen MR) is 132 cm³/mol. The quantitative estimate of drug-likeness (QED) is 0.397. The highest BCUT2D eigenvalue weighted by Gasteiger charge is 2.71. The molecule has 0 aliphatic heterocycles. The molecular weight excluding hydrogens is 392 g/mol. The maximum absolute atomic E-state index is 12.0. The van der Waals surface area contributed by atoms with E-state index in [2.05, 4.69) is 55.0 Å². The van der Waals surface area contributed by atoms with Gasteiger partial charge in [0.1, 0.15) is 0 Å². The molecule has 0 radical (unpaired) electrons. The highest BCUT2D eigenvalue weighted by atomic mass is 16.3. The van der Waals surface area contributed by atoms with Gasteiger partial charge in [0.05, 0.1) is 12.2 Å². The third-order valence-electron chi connectivity index (χ3n) is 13.6. The van der Waals surface area contributed by atoms with Gasteiger partial charge in [-0.15, -0.1) is 0 Å². The number of hydrogen-bond donors (Lipinski definition) is 2. The molecule has 0 amide bonds. The molecule has 11 atom stereocenters. The van der Waals surface area contributed by atoms with Crippen LogP contribution in [0.2, 0.25) is 0 Å². The molecule has 0 aromatic carbocycles. The van der Waals surface area contributed by atoms with Gasteiger partial charge in [-0.25, -0.2) is 0 Å². The van der Waals surface area contributed by atoms with E-state index in [1.165, 1.54) is 44.1 Å². The average molecular weight is 443 g/mol. The van der Waals surface area contributed by atoms with Crippen LogP contribution in [0.25, 0.3) is 0 Å². The van der Waals surface area contributed by atoms with Gasteiger partial charge in [-0.05, 0) is 114 Å². The first kappa shape index (κ1) is 23.4. The Labute approximate surface area is 197 Å². The van der Waals surface area contributed by atoms with Crippen molar-refractivity contribution in [2.24, 2.45) is 56.7 Å². The number of allylic oxidation sites excluding steroid dienone is 1. The zero-order valence-electron chi connectivity index (χ0n) is 22.0. The van der Waals surface area contributed by atoms with Crippen LogP contribution in [-0.2, 0) is 0 Å². The molecule has 5 fully saturated rings. The summed E-state index contributed by atoms with van der Waals surface area (Å²) in [6.45, 7) is 21.8. The molecule has 5 saturated carbocycles. The standard InChI is InChI=1S/C30H50O2/c1-18-9-12-27(5)15-16-30(8)25(24(27)19(18)2)20(31)17-22-28(6)13-11-23(32)26(3,4)21(28)10-14-29(22,30)7/h19-25,31-32H,1,9-17H2,2-8H3/t19-,20-,21+,22-,23+,24-,25-,27-,28+,29-,30-/m1/s1. The first-order valence-corrected chi connectivity index (χ1v) is 13.8. The zero-order chi connectivity index (χ0) is 23.5. The van der Waals surface area contributed by atoms with Crippen LogP contribution in [0.4, 0.5) is 0 Å². The molecule has 5 aliphatic carbocycles. The number of rotatable bonds is 0. The van der Waals surface area contributed by atoms with E-state index in [9.17, 15) is 10.2 Å². The van der Waals surface area contributed by atoms with E-state index in [-0.39, 0.29) is 33.9 Å². The highest BCUT2D eigenvalue weighted by Crippen LogP contribution is 2.76. The summed E-state index contributed by atoms with van der Waals surface area (Å²) in [7, 11) is 0. The third kappa shape index (κ3) is 2.66. The molecule has 5 aliphatic rings. The van der Waals surface area contributed by atoms with E-state index in [4.69, 9.17) is 0 Å². The number of hydrogen-bond acceptors (Lipinski definition) is 2. The Hall–Kier alpha value is -0.340. The van der Waals surface area contributed by atoms with Crippen LogP contribution < -0.4 is 0 Å². The summed E-state index contributed by atoms with van der Waals surface area (Å²) >= 11 is 0. The van der Waals surface area contributed by atoms with Crippen LogP contribution in [0.5, 0.6) is 0 Å². The van der Waals surface area contributed by atoms with Gasteiger partial charge in [0.15, 0.2) is 0 Å². The average Bonchev–Trinajstić information content (AvgIpc) is 2.71. The minimum absolute atomic E-state index is 0.0300. The molecule has 0 aromatic rings. The normalized spacial score (nSPS) is 59.4. The maximum atomic E-state index is 12.0. The summed E-state index contributed by atoms with van der Waals surface area (Å²) in [5, 5.41) is 22.9. The van der Waals surface area contributed by atoms with Crippen LogP contribution in [0.15, 0.2) is 12.2 Å². The molecule has 0 spiro atoms. The van der Waals surface area contributed by atoms with E-state index in [0.29, 0.717) is 35.0 Å². The molecule has 0 aromatic heterocycles. The van der Waals surface area contributed by atoms with Crippen molar-refractivity contribution in [3.05, 3.63) is 12.2 Å². The van der Waals surface area contributed by atoms with Gasteiger partial charge in [0.25, 0.3) is 0 Å². The Morgan fingerprint density at radius 2 is 1.47 bits per heavy atom. The first-order valence-electron chi connectivity index (χ1n) is 13.8. The van der Waals surface area contributed by atoms with Crippen LogP contribution in [0, 0.1) is 56.7 Å². The van der Waals surface area contributed by atoms with Crippen molar-refractivity contribution in [3.63, 3.8) is 0 Å². The van der Waals surface area contributed by atoms with Crippen LogP contribution in [0.3, 0.4) is 0 Å². The van der Waals surface area contributed by atoms with Gasteiger partial charge in [0.2, 0.25) is 0 Å². The van der Waals surface area contributed by atoms with Crippen LogP contribution >= 0.6 is 0 Å². The lowest BCUT2D eigenvalue weighted by Crippen LogP contribution is -2.70. The summed E-state index contributed by atoms with van der Waals surface area (Å²) in [6, 6.07) is 0. The van der Waals surface area contributed by atoms with E-state index >= 15 is 0 Å². The zero-order valence-corrected chi connectivity index (χ0v) is 22.0. The van der Waals surface area contributed by atoms with E-state index in [1.807, 2.05) is 0 Å². The molecule has 2 heteroatoms. The lowest BCUT2D eigenvalue weighted by atomic mass is 9.31. The number of fused-ring (bicyclic) bond motifs is 7. The minimum atomic E-state index is -0.207. The largest absolute Gasteiger partial charge is 0.393 e. The number of aliphatic hydroxyl groups is 2. The van der Waals surface area contributed by atoms with Crippen molar-refractivity contribution in [3.8, 4) is 0 Å². The summed E-state index contributed by atoms with van der Waals surface area (Å²) in [5.74, 6) is 2.56. The topological polar surface area (TPSA) is 40.5 Å². The van der Waals surface area contributed by atoms with Gasteiger partial charge < -0.3 is 10.2 Å². The SMILES string of the molecule is C=C1CC[C@]2(C)CC[C@]3(C)[C@@H]([C@H]2[C@@H]1C)[C@H](O)C[C@@H]1[C@@]2(C)CC[C@H](O)C(C)(C)[C@@H]2CC[C@]13C. The monoisotopic (exact) mass is 442 g/mol. The lowest BCUT2D eigenvalue weighted by Gasteiger charge is -2.74. The van der Waals surface area contributed by atoms with Gasteiger partial charge in [-0.3, -0.25) is 0 Å². The van der Waals surface area contributed by atoms with Crippen molar-refractivity contribution >= 4 is 0 Å². The minimum Gasteiger partial charge on any atom is -0.393 e. The summed E-state index contributed by atoms with van der Waals surface area (Å²) in [4.78, 5) is 0. The Morgan fingerprint density at radius 1 is 0.781 bits per heavy atom. The molecule has 2 nitrogen and oxygen atoms in total. The molecule has 2 N–H and O–H groups in total. The second-order valence-electron chi connectivity index (χ2n) is 14.8. The lowest BCUT2D eigenvalue weighted by molar-refractivity contribution is -0.276. The third-order valence-corrected chi connectivity index (χ3v) is 13.6. The molecule has 182 valence electrons. The van der Waals surface area contributed by atoms with Gasteiger partial charge >= 0.3 is 0 Å². The van der Waals surface area contributed by atoms with Crippen molar-refractivity contribution in [1.29, 1.82) is 0 Å². The fraction of sp³-hybridized carbons (Fsp3) is 0.933. The molecule has 0 heterocycles. The summed E-state index contributed by atoms with van der Waals surface area (Å²) in [6.07, 6.45) is 10.1. The van der Waals surface area contributed by atoms with Gasteiger partial charge in [0, 0.05) is 0 Å². The Balaban J connectivity index is 1.58. The fourth-order valence-electron chi connectivity index (χ4n) is 11.3. The first-order chi connectivity index (χ1) is 14.7. The Morgan fingerprint density at radius 3 is 2.16 bits per heavy atom. The predicted octanol–water partition coefficient (Wildman–Crippen LogP) is 7.00. The fourth-order valence-corrected chi connectivity index (χ4v) is 11.3. The second-order valence-corrected chi connectivity index (χ2v) is 14.8. The summed E-state index contributed by atoms with van der Waals surface area (Å²) < 4.78 is 0. The Bertz CT molecular complexity index is 801. The molecule has 0 unspecified atom stereocenters. The Kier molecular flexibility index (Phi) is 5.02. The molecule has 0 bridgehead atoms. The van der Waals surface area contributed by atoms with Crippen molar-refractivity contribution in [1.82, 2.24) is 0 Å². The van der Waals surface area contributed by atoms with Crippen molar-refractivity contribution in [2.45, 2.75) is 118 Å². The molecule has 5 rings (SSSR count). The maximum Gasteiger partial charge on any atom is 0.0594 e. The van der Waals surface area contributed by atoms with E-state index in [0.717, 1.165) is 19.3 Å². The molecule has 0 saturated heterocycles. The van der Waals surface area contributed by atoms with Crippen LogP contribution in [0.1, 0.15) is 106 Å². The molecular formula is C30H50O2. The van der Waals surface area contributed by atoms with Gasteiger partial charge in [-0.2, -0.15) is 0 Å². The van der Waals surface area contributed by atoms with Crippen molar-refractivity contribution < 1.29 is 10.2 Å². The number of aliphatic hydroxyl groups excluding tert-OH is 2. The van der Waals surface area contributed by atoms with Gasteiger partial charge in [-0.1, -0.05) is 60.6 Å². The second kappa shape index (κ2) is 6.87. The van der Waals surface area contributed by atoms with E-state index < -0.39 is 0 Å². The van der Waals surface area contributed by atoms with Crippen molar-refractivity contribution in [2.75, 3.05) is 0 Å². The molecule has 32 heavy (non-hydrogen) atoms. The smallest absolute Gasteiger partial charge is 0.0594 e. The summed E-state index contributed by atoms with van der Waals surface area (Å²) in [5.41, 5.74) is 2.41. The highest BCUT2D eigenvalue weighted by molar-refractivity contribution is 5.22. The van der Waals surface area contributed by atoms with Crippen LogP contribution in [-0.4, -0.2) is 22.4 Å². The van der Waals surface area contributed by atoms with E-state index in [1.54, 1.807) is 0 Å².